The van der Waals surface area contributed by atoms with Gasteiger partial charge in [0.1, 0.15) is 5.75 Å². The van der Waals surface area contributed by atoms with Crippen molar-refractivity contribution in [3.05, 3.63) is 100 Å². The molecule has 0 amide bonds. The van der Waals surface area contributed by atoms with E-state index in [2.05, 4.69) is 26.8 Å². The van der Waals surface area contributed by atoms with E-state index in [4.69, 9.17) is 4.74 Å². The van der Waals surface area contributed by atoms with Crippen LogP contribution in [0.5, 0.6) is 5.75 Å². The number of nitrogens with zero attached hydrogens (tertiary/aromatic N) is 1. The van der Waals surface area contributed by atoms with Crippen LogP contribution in [-0.4, -0.2) is 47.7 Å². The number of H-pyrrole nitrogens is 1. The Hall–Kier alpha value is -4.18. The minimum absolute atomic E-state index is 0.168. The SMILES string of the molecule is O=c1[nH]cc(-c2ccccc2OC(F)(F)F)c2cc(CO)c3ccc(-c4ccc(CN5CCOCC5)cc4)cc3c12. The zero-order valence-electron chi connectivity index (χ0n) is 22.0. The molecule has 2 heterocycles. The third-order valence-electron chi connectivity index (χ3n) is 7.46. The number of ether oxygens (including phenoxy) is 2. The second kappa shape index (κ2) is 11.0. The fourth-order valence-electron chi connectivity index (χ4n) is 5.50. The lowest BCUT2D eigenvalue weighted by atomic mass is 9.91. The van der Waals surface area contributed by atoms with E-state index in [1.165, 1.54) is 30.0 Å². The molecular weight excluding hydrogens is 533 g/mol. The van der Waals surface area contributed by atoms with Gasteiger partial charge in [0.05, 0.1) is 25.2 Å². The van der Waals surface area contributed by atoms with E-state index in [1.807, 2.05) is 30.3 Å². The number of aliphatic hydroxyl groups excluding tert-OH is 1. The van der Waals surface area contributed by atoms with Crippen LogP contribution in [0.25, 0.3) is 43.8 Å². The number of hydrogen-bond acceptors (Lipinski definition) is 5. The summed E-state index contributed by atoms with van der Waals surface area (Å²) in [4.78, 5) is 18.3. The summed E-state index contributed by atoms with van der Waals surface area (Å²) in [6.07, 6.45) is -3.50. The van der Waals surface area contributed by atoms with Crippen molar-refractivity contribution in [3.63, 3.8) is 0 Å². The lowest BCUT2D eigenvalue weighted by Gasteiger charge is -2.26. The van der Waals surface area contributed by atoms with Gasteiger partial charge >= 0.3 is 6.36 Å². The number of rotatable bonds is 6. The molecule has 5 aromatic rings. The largest absolute Gasteiger partial charge is 0.573 e. The lowest BCUT2D eigenvalue weighted by Crippen LogP contribution is -2.35. The molecule has 4 aromatic carbocycles. The minimum atomic E-state index is -4.89. The number of morpholine rings is 1. The average Bonchev–Trinajstić information content (AvgIpc) is 2.97. The Morgan fingerprint density at radius 1 is 0.878 bits per heavy atom. The fraction of sp³-hybridized carbons (Fsp3) is 0.219. The number of aliphatic hydroxyl groups is 1. The van der Waals surface area contributed by atoms with Crippen LogP contribution >= 0.6 is 0 Å². The van der Waals surface area contributed by atoms with Crippen LogP contribution < -0.4 is 10.3 Å². The van der Waals surface area contributed by atoms with Gasteiger partial charge in [0.2, 0.25) is 0 Å². The van der Waals surface area contributed by atoms with E-state index in [0.29, 0.717) is 32.7 Å². The zero-order chi connectivity index (χ0) is 28.6. The average molecular weight is 561 g/mol. The predicted octanol–water partition coefficient (Wildman–Crippen LogP) is 6.24. The van der Waals surface area contributed by atoms with E-state index in [1.54, 1.807) is 12.1 Å². The van der Waals surface area contributed by atoms with Crippen LogP contribution in [0.15, 0.2) is 83.8 Å². The second-order valence-electron chi connectivity index (χ2n) is 10.0. The maximum Gasteiger partial charge on any atom is 0.573 e. The highest BCUT2D eigenvalue weighted by molar-refractivity contribution is 6.14. The van der Waals surface area contributed by atoms with Gasteiger partial charge in [-0.05, 0) is 56.6 Å². The number of pyridine rings is 1. The second-order valence-corrected chi connectivity index (χ2v) is 10.0. The molecule has 1 aromatic heterocycles. The van der Waals surface area contributed by atoms with Gasteiger partial charge in [-0.15, -0.1) is 13.2 Å². The van der Waals surface area contributed by atoms with Gasteiger partial charge in [0, 0.05) is 37.0 Å². The van der Waals surface area contributed by atoms with E-state index >= 15 is 0 Å². The number of alkyl halides is 3. The molecule has 0 spiro atoms. The molecule has 1 aliphatic rings. The van der Waals surface area contributed by atoms with E-state index in [9.17, 15) is 23.1 Å². The predicted molar refractivity (Wildman–Crippen MR) is 152 cm³/mol. The molecule has 0 radical (unpaired) electrons. The van der Waals surface area contributed by atoms with Crippen molar-refractivity contribution in [1.29, 1.82) is 0 Å². The summed E-state index contributed by atoms with van der Waals surface area (Å²) in [5.41, 5.74) is 3.71. The van der Waals surface area contributed by atoms with Crippen molar-refractivity contribution < 1.29 is 27.8 Å². The lowest BCUT2D eigenvalue weighted by molar-refractivity contribution is -0.274. The van der Waals surface area contributed by atoms with Crippen molar-refractivity contribution in [2.24, 2.45) is 0 Å². The molecule has 6 rings (SSSR count). The number of nitrogens with one attached hydrogen (secondary N) is 1. The molecule has 210 valence electrons. The summed E-state index contributed by atoms with van der Waals surface area (Å²) in [6.45, 7) is 3.80. The molecule has 6 nitrogen and oxygen atoms in total. The Labute approximate surface area is 233 Å². The summed E-state index contributed by atoms with van der Waals surface area (Å²) < 4.78 is 49.2. The van der Waals surface area contributed by atoms with Crippen LogP contribution in [0, 0.1) is 0 Å². The maximum absolute atomic E-state index is 13.2. The maximum atomic E-state index is 13.2. The Bertz CT molecular complexity index is 1780. The number of halogens is 3. The van der Waals surface area contributed by atoms with Gasteiger partial charge < -0.3 is 19.6 Å². The first-order valence-electron chi connectivity index (χ1n) is 13.3. The van der Waals surface area contributed by atoms with Crippen LogP contribution in [0.4, 0.5) is 13.2 Å². The number of aromatic amines is 1. The Morgan fingerprint density at radius 3 is 2.34 bits per heavy atom. The highest BCUT2D eigenvalue weighted by Crippen LogP contribution is 2.39. The molecular formula is C32H27F3N2O4. The molecule has 0 bridgehead atoms. The number of fused-ring (bicyclic) bond motifs is 3. The molecule has 41 heavy (non-hydrogen) atoms. The van der Waals surface area contributed by atoms with Crippen molar-refractivity contribution >= 4 is 21.5 Å². The standard InChI is InChI=1S/C32H27F3N2O4/c33-32(34,35)41-29-4-2-1-3-25(29)28-17-36-31(39)30-26-15-22(9-10-24(26)23(19-38)16-27(28)30)21-7-5-20(6-8-21)18-37-11-13-40-14-12-37/h1-10,15-17,38H,11-14,18-19H2,(H,36,39). The van der Waals surface area contributed by atoms with E-state index < -0.39 is 6.36 Å². The van der Waals surface area contributed by atoms with Gasteiger partial charge in [-0.3, -0.25) is 9.69 Å². The van der Waals surface area contributed by atoms with E-state index in [0.717, 1.165) is 44.0 Å². The van der Waals surface area contributed by atoms with Crippen LogP contribution in [-0.2, 0) is 17.9 Å². The number of aromatic nitrogens is 1. The first-order chi connectivity index (χ1) is 19.8. The van der Waals surface area contributed by atoms with Crippen molar-refractivity contribution in [3.8, 4) is 28.0 Å². The van der Waals surface area contributed by atoms with Crippen molar-refractivity contribution in [1.82, 2.24) is 9.88 Å². The fourth-order valence-corrected chi connectivity index (χ4v) is 5.50. The summed E-state index contributed by atoms with van der Waals surface area (Å²) in [7, 11) is 0. The smallest absolute Gasteiger partial charge is 0.405 e. The minimum Gasteiger partial charge on any atom is -0.405 e. The van der Waals surface area contributed by atoms with Crippen molar-refractivity contribution in [2.75, 3.05) is 26.3 Å². The number of hydrogen-bond donors (Lipinski definition) is 2. The third-order valence-corrected chi connectivity index (χ3v) is 7.46. The Balaban J connectivity index is 1.47. The van der Waals surface area contributed by atoms with Gasteiger partial charge in [-0.2, -0.15) is 0 Å². The normalized spacial score (nSPS) is 14.5. The molecule has 0 atom stereocenters. The number of para-hydroxylation sites is 1. The van der Waals surface area contributed by atoms with Crippen LogP contribution in [0.2, 0.25) is 0 Å². The summed E-state index contributed by atoms with van der Waals surface area (Å²) >= 11 is 0. The van der Waals surface area contributed by atoms with Crippen LogP contribution in [0.1, 0.15) is 11.1 Å². The first-order valence-corrected chi connectivity index (χ1v) is 13.3. The Kier molecular flexibility index (Phi) is 7.25. The van der Waals surface area contributed by atoms with Gasteiger partial charge in [0.15, 0.2) is 0 Å². The summed E-state index contributed by atoms with van der Waals surface area (Å²) in [6, 6.07) is 21.4. The van der Waals surface area contributed by atoms with Gasteiger partial charge in [-0.1, -0.05) is 54.6 Å². The molecule has 0 aliphatic carbocycles. The third kappa shape index (κ3) is 5.56. The molecule has 1 aliphatic heterocycles. The highest BCUT2D eigenvalue weighted by atomic mass is 19.4. The van der Waals surface area contributed by atoms with Gasteiger partial charge in [0.25, 0.3) is 5.56 Å². The summed E-state index contributed by atoms with van der Waals surface area (Å²) in [5.74, 6) is -0.384. The van der Waals surface area contributed by atoms with Crippen molar-refractivity contribution in [2.45, 2.75) is 19.5 Å². The number of benzene rings is 4. The molecule has 0 saturated carbocycles. The quantitative estimate of drug-likeness (QED) is 0.241. The molecule has 9 heteroatoms. The zero-order valence-corrected chi connectivity index (χ0v) is 22.0. The molecule has 0 unspecified atom stereocenters. The highest BCUT2D eigenvalue weighted by Gasteiger charge is 2.32. The monoisotopic (exact) mass is 560 g/mol. The van der Waals surface area contributed by atoms with Crippen LogP contribution in [0.3, 0.4) is 0 Å². The van der Waals surface area contributed by atoms with Gasteiger partial charge in [-0.25, -0.2) is 0 Å². The topological polar surface area (TPSA) is 74.8 Å². The van der Waals surface area contributed by atoms with E-state index in [-0.39, 0.29) is 23.5 Å². The Morgan fingerprint density at radius 2 is 1.61 bits per heavy atom. The molecule has 2 N–H and O–H groups in total. The molecule has 1 saturated heterocycles. The molecule has 1 fully saturated rings. The summed E-state index contributed by atoms with van der Waals surface area (Å²) in [5, 5.41) is 12.2. The first kappa shape index (κ1) is 27.0.